The molecule has 3 heteroatoms. The summed E-state index contributed by atoms with van der Waals surface area (Å²) in [5.41, 5.74) is 1.18. The van der Waals surface area contributed by atoms with E-state index in [0.717, 1.165) is 13.0 Å². The van der Waals surface area contributed by atoms with Gasteiger partial charge in [-0.3, -0.25) is 4.90 Å². The van der Waals surface area contributed by atoms with Crippen LogP contribution in [-0.4, -0.2) is 42.5 Å². The van der Waals surface area contributed by atoms with Gasteiger partial charge in [-0.05, 0) is 20.4 Å². The van der Waals surface area contributed by atoms with Crippen LogP contribution in [0.15, 0.2) is 12.2 Å². The Labute approximate surface area is 73.6 Å². The Morgan fingerprint density at radius 1 is 1.67 bits per heavy atom. The summed E-state index contributed by atoms with van der Waals surface area (Å²) in [6.07, 6.45) is 1.17. The Morgan fingerprint density at radius 2 is 2.33 bits per heavy atom. The summed E-state index contributed by atoms with van der Waals surface area (Å²) in [5, 5.41) is 8.73. The summed E-state index contributed by atoms with van der Waals surface area (Å²) < 4.78 is 5.21. The summed E-state index contributed by atoms with van der Waals surface area (Å²) >= 11 is 0. The van der Waals surface area contributed by atoms with Crippen molar-refractivity contribution in [1.82, 2.24) is 4.90 Å². The molecule has 1 aliphatic heterocycles. The normalized spacial score (nSPS) is 27.7. The lowest BCUT2D eigenvalue weighted by Crippen LogP contribution is -2.25. The molecule has 1 aliphatic rings. The van der Waals surface area contributed by atoms with E-state index in [0.29, 0.717) is 0 Å². The zero-order valence-electron chi connectivity index (χ0n) is 7.79. The van der Waals surface area contributed by atoms with Crippen LogP contribution in [0.1, 0.15) is 13.3 Å². The summed E-state index contributed by atoms with van der Waals surface area (Å²) in [5.74, 6) is 0. The lowest BCUT2D eigenvalue weighted by molar-refractivity contribution is 0.205. The van der Waals surface area contributed by atoms with Crippen LogP contribution in [0.25, 0.3) is 0 Å². The molecule has 3 nitrogen and oxygen atoms in total. The van der Waals surface area contributed by atoms with Gasteiger partial charge in [0.25, 0.3) is 0 Å². The second kappa shape index (κ2) is 4.03. The van der Waals surface area contributed by atoms with Gasteiger partial charge in [0, 0.05) is 6.54 Å². The monoisotopic (exact) mass is 171 g/mol. The maximum Gasteiger partial charge on any atom is 0.139 e. The van der Waals surface area contributed by atoms with Gasteiger partial charge in [-0.25, -0.2) is 0 Å². The van der Waals surface area contributed by atoms with Crippen molar-refractivity contribution in [2.45, 2.75) is 25.7 Å². The first-order valence-corrected chi connectivity index (χ1v) is 4.26. The lowest BCUT2D eigenvalue weighted by Gasteiger charge is -2.13. The Hall–Kier alpha value is -0.380. The zero-order chi connectivity index (χ0) is 9.14. The van der Waals surface area contributed by atoms with Gasteiger partial charge >= 0.3 is 0 Å². The average molecular weight is 171 g/mol. The molecule has 0 bridgehead atoms. The molecule has 12 heavy (non-hydrogen) atoms. The predicted octanol–water partition coefficient (Wildman–Crippen LogP) is 0.602. The molecular weight excluding hydrogens is 154 g/mol. The molecule has 0 amide bonds. The quantitative estimate of drug-likeness (QED) is 0.486. The van der Waals surface area contributed by atoms with Crippen molar-refractivity contribution in [3.05, 3.63) is 12.2 Å². The average Bonchev–Trinajstić information content (AvgIpc) is 2.78. The van der Waals surface area contributed by atoms with E-state index in [1.807, 2.05) is 14.0 Å². The molecule has 0 aromatic heterocycles. The molecule has 1 heterocycles. The second-order valence-corrected chi connectivity index (χ2v) is 3.44. The first-order chi connectivity index (χ1) is 5.65. The Kier molecular flexibility index (Phi) is 3.26. The van der Waals surface area contributed by atoms with Crippen molar-refractivity contribution < 1.29 is 9.84 Å². The van der Waals surface area contributed by atoms with Crippen molar-refractivity contribution in [3.8, 4) is 0 Å². The van der Waals surface area contributed by atoms with Crippen molar-refractivity contribution in [1.29, 1.82) is 0 Å². The molecule has 1 saturated heterocycles. The number of nitrogens with zero attached hydrogens (tertiary/aromatic N) is 1. The van der Waals surface area contributed by atoms with Crippen LogP contribution in [0.3, 0.4) is 0 Å². The van der Waals surface area contributed by atoms with Crippen molar-refractivity contribution in [2.75, 3.05) is 20.2 Å². The van der Waals surface area contributed by atoms with Crippen molar-refractivity contribution in [2.24, 2.45) is 0 Å². The first-order valence-electron chi connectivity index (χ1n) is 4.26. The molecule has 0 aliphatic carbocycles. The second-order valence-electron chi connectivity index (χ2n) is 3.44. The number of rotatable bonds is 5. The number of aliphatic hydroxyl groups is 1. The fourth-order valence-corrected chi connectivity index (χ4v) is 1.15. The van der Waals surface area contributed by atoms with Gasteiger partial charge in [0.05, 0.1) is 6.61 Å². The molecule has 1 N–H and O–H groups in total. The molecule has 0 spiro atoms. The molecule has 2 atom stereocenters. The fraction of sp³-hybridized carbons (Fsp3) is 0.778. The first kappa shape index (κ1) is 9.71. The number of likely N-dealkylation sites (N-methyl/N-ethyl adjacent to an activating group) is 1. The van der Waals surface area contributed by atoms with Gasteiger partial charge in [0.1, 0.15) is 12.3 Å². The molecule has 1 fully saturated rings. The molecule has 0 radical (unpaired) electrons. The fourth-order valence-electron chi connectivity index (χ4n) is 1.15. The van der Waals surface area contributed by atoms with E-state index in [2.05, 4.69) is 11.5 Å². The van der Waals surface area contributed by atoms with Crippen LogP contribution < -0.4 is 0 Å². The van der Waals surface area contributed by atoms with Crippen LogP contribution >= 0.6 is 0 Å². The lowest BCUT2D eigenvalue weighted by atomic mass is 10.2. The van der Waals surface area contributed by atoms with Gasteiger partial charge in [-0.15, -0.1) is 6.58 Å². The number of epoxide rings is 1. The van der Waals surface area contributed by atoms with E-state index >= 15 is 0 Å². The Balaban J connectivity index is 2.13. The van der Waals surface area contributed by atoms with Gasteiger partial charge < -0.3 is 9.84 Å². The Bertz CT molecular complexity index is 170. The van der Waals surface area contributed by atoms with Crippen LogP contribution in [0, 0.1) is 0 Å². The van der Waals surface area contributed by atoms with Crippen LogP contribution in [-0.2, 0) is 4.74 Å². The standard InChI is InChI=1S/C9H17NO2/c1-7(2)4-5-10(3)9-8(6-11)12-9/h8-9,11H,1,4-6H2,2-3H3. The smallest absolute Gasteiger partial charge is 0.139 e. The third kappa shape index (κ3) is 2.59. The number of ether oxygens (including phenoxy) is 1. The molecule has 0 aromatic carbocycles. The zero-order valence-corrected chi connectivity index (χ0v) is 7.79. The van der Waals surface area contributed by atoms with Crippen molar-refractivity contribution >= 4 is 0 Å². The van der Waals surface area contributed by atoms with Crippen LogP contribution in [0.4, 0.5) is 0 Å². The van der Waals surface area contributed by atoms with E-state index in [-0.39, 0.29) is 18.9 Å². The molecular formula is C9H17NO2. The molecule has 0 aromatic rings. The number of hydrogen-bond acceptors (Lipinski definition) is 3. The molecule has 2 unspecified atom stereocenters. The highest BCUT2D eigenvalue weighted by molar-refractivity contribution is 4.90. The van der Waals surface area contributed by atoms with Gasteiger partial charge in [0.15, 0.2) is 0 Å². The maximum atomic E-state index is 8.73. The molecule has 0 saturated carbocycles. The SMILES string of the molecule is C=C(C)CCN(C)C1OC1CO. The molecule has 1 rings (SSSR count). The number of hydrogen-bond donors (Lipinski definition) is 1. The summed E-state index contributed by atoms with van der Waals surface area (Å²) in [6, 6.07) is 0. The highest BCUT2D eigenvalue weighted by atomic mass is 16.6. The van der Waals surface area contributed by atoms with Gasteiger partial charge in [-0.1, -0.05) is 5.57 Å². The van der Waals surface area contributed by atoms with Crippen LogP contribution in [0.5, 0.6) is 0 Å². The van der Waals surface area contributed by atoms with Gasteiger partial charge in [-0.2, -0.15) is 0 Å². The highest BCUT2D eigenvalue weighted by Crippen LogP contribution is 2.24. The van der Waals surface area contributed by atoms with E-state index in [4.69, 9.17) is 9.84 Å². The van der Waals surface area contributed by atoms with E-state index in [1.165, 1.54) is 5.57 Å². The largest absolute Gasteiger partial charge is 0.394 e. The highest BCUT2D eigenvalue weighted by Gasteiger charge is 2.40. The summed E-state index contributed by atoms with van der Waals surface area (Å²) in [6.45, 7) is 6.93. The third-order valence-electron chi connectivity index (χ3n) is 2.06. The van der Waals surface area contributed by atoms with E-state index in [1.54, 1.807) is 0 Å². The summed E-state index contributed by atoms with van der Waals surface area (Å²) in [4.78, 5) is 2.11. The van der Waals surface area contributed by atoms with Crippen molar-refractivity contribution in [3.63, 3.8) is 0 Å². The molecule has 70 valence electrons. The predicted molar refractivity (Wildman–Crippen MR) is 47.8 cm³/mol. The van der Waals surface area contributed by atoms with E-state index in [9.17, 15) is 0 Å². The third-order valence-corrected chi connectivity index (χ3v) is 2.06. The minimum absolute atomic E-state index is 0.0418. The number of aliphatic hydroxyl groups excluding tert-OH is 1. The minimum atomic E-state index is 0.0418. The van der Waals surface area contributed by atoms with Gasteiger partial charge in [0.2, 0.25) is 0 Å². The van der Waals surface area contributed by atoms with E-state index < -0.39 is 0 Å². The maximum absolute atomic E-state index is 8.73. The minimum Gasteiger partial charge on any atom is -0.394 e. The Morgan fingerprint density at radius 3 is 2.75 bits per heavy atom. The summed E-state index contributed by atoms with van der Waals surface area (Å²) in [7, 11) is 2.00. The van der Waals surface area contributed by atoms with Crippen LogP contribution in [0.2, 0.25) is 0 Å². The topological polar surface area (TPSA) is 36.0 Å².